The summed E-state index contributed by atoms with van der Waals surface area (Å²) in [4.78, 5) is 2.39. The molecule has 112 valence electrons. The molecule has 19 heavy (non-hydrogen) atoms. The second-order valence-electron chi connectivity index (χ2n) is 6.02. The first-order valence-electron chi connectivity index (χ1n) is 7.40. The maximum atomic E-state index is 11.5. The predicted molar refractivity (Wildman–Crippen MR) is 77.4 cm³/mol. The van der Waals surface area contributed by atoms with E-state index in [1.54, 1.807) is 4.31 Å². The fourth-order valence-electron chi connectivity index (χ4n) is 3.22. The minimum absolute atomic E-state index is 0.329. The largest absolute Gasteiger partial charge is 0.327 e. The third-order valence-electron chi connectivity index (χ3n) is 4.51. The highest BCUT2D eigenvalue weighted by molar-refractivity contribution is 7.88. The van der Waals surface area contributed by atoms with Crippen LogP contribution in [0.4, 0.5) is 0 Å². The Morgan fingerprint density at radius 2 is 1.68 bits per heavy atom. The monoisotopic (exact) mass is 289 g/mol. The highest BCUT2D eigenvalue weighted by atomic mass is 32.2. The Bertz CT molecular complexity index is 377. The topological polar surface area (TPSA) is 66.6 Å². The van der Waals surface area contributed by atoms with Gasteiger partial charge in [-0.25, -0.2) is 8.42 Å². The van der Waals surface area contributed by atoms with Crippen molar-refractivity contribution in [2.75, 3.05) is 39.0 Å². The average molecular weight is 289 g/mol. The third kappa shape index (κ3) is 4.41. The molecule has 6 heteroatoms. The summed E-state index contributed by atoms with van der Waals surface area (Å²) in [6, 6.07) is 0.329. The van der Waals surface area contributed by atoms with E-state index in [0.29, 0.717) is 25.0 Å². The zero-order valence-electron chi connectivity index (χ0n) is 11.9. The molecule has 2 atom stereocenters. The van der Waals surface area contributed by atoms with Crippen LogP contribution in [-0.2, 0) is 10.0 Å². The van der Waals surface area contributed by atoms with Gasteiger partial charge in [0, 0.05) is 38.8 Å². The molecular formula is C13H27N3O2S. The van der Waals surface area contributed by atoms with E-state index in [4.69, 9.17) is 5.73 Å². The highest BCUT2D eigenvalue weighted by Crippen LogP contribution is 2.23. The fourth-order valence-corrected chi connectivity index (χ4v) is 4.04. The Balaban J connectivity index is 1.81. The third-order valence-corrected chi connectivity index (χ3v) is 5.81. The lowest BCUT2D eigenvalue weighted by molar-refractivity contribution is 0.153. The van der Waals surface area contributed by atoms with E-state index in [9.17, 15) is 8.42 Å². The van der Waals surface area contributed by atoms with Crippen molar-refractivity contribution in [3.63, 3.8) is 0 Å². The molecule has 0 aromatic carbocycles. The normalized spacial score (nSPS) is 32.1. The Morgan fingerprint density at radius 1 is 1.05 bits per heavy atom. The van der Waals surface area contributed by atoms with Gasteiger partial charge in [0.25, 0.3) is 0 Å². The number of sulfonamides is 1. The van der Waals surface area contributed by atoms with Crippen LogP contribution in [0, 0.1) is 5.92 Å². The first-order valence-corrected chi connectivity index (χ1v) is 9.25. The van der Waals surface area contributed by atoms with Crippen LogP contribution in [-0.4, -0.2) is 62.6 Å². The summed E-state index contributed by atoms with van der Waals surface area (Å²) in [6.07, 6.45) is 7.54. The van der Waals surface area contributed by atoms with E-state index < -0.39 is 10.0 Å². The molecule has 1 saturated heterocycles. The van der Waals surface area contributed by atoms with Crippen molar-refractivity contribution in [3.8, 4) is 0 Å². The van der Waals surface area contributed by atoms with E-state index in [0.717, 1.165) is 26.1 Å². The molecule has 0 bridgehead atoms. The second kappa shape index (κ2) is 6.52. The summed E-state index contributed by atoms with van der Waals surface area (Å²) in [5, 5.41) is 0. The van der Waals surface area contributed by atoms with Gasteiger partial charge in [-0.3, -0.25) is 0 Å². The first kappa shape index (κ1) is 15.2. The summed E-state index contributed by atoms with van der Waals surface area (Å²) in [7, 11) is -3.02. The molecule has 0 radical (unpaired) electrons. The van der Waals surface area contributed by atoms with Crippen molar-refractivity contribution in [3.05, 3.63) is 0 Å². The van der Waals surface area contributed by atoms with Crippen LogP contribution >= 0.6 is 0 Å². The van der Waals surface area contributed by atoms with Gasteiger partial charge in [0.1, 0.15) is 0 Å². The molecule has 2 N–H and O–H groups in total. The number of rotatable bonds is 3. The number of hydrogen-bond acceptors (Lipinski definition) is 4. The van der Waals surface area contributed by atoms with E-state index in [1.807, 2.05) is 0 Å². The van der Waals surface area contributed by atoms with E-state index in [-0.39, 0.29) is 0 Å². The van der Waals surface area contributed by atoms with Gasteiger partial charge in [-0.1, -0.05) is 19.3 Å². The quantitative estimate of drug-likeness (QED) is 0.767. The summed E-state index contributed by atoms with van der Waals surface area (Å²) in [6.45, 7) is 3.98. The molecule has 2 fully saturated rings. The van der Waals surface area contributed by atoms with Gasteiger partial charge in [-0.05, 0) is 18.8 Å². The summed E-state index contributed by atoms with van der Waals surface area (Å²) < 4.78 is 24.5. The number of hydrogen-bond donors (Lipinski definition) is 1. The van der Waals surface area contributed by atoms with E-state index in [2.05, 4.69) is 4.90 Å². The zero-order chi connectivity index (χ0) is 13.9. The summed E-state index contributed by atoms with van der Waals surface area (Å²) in [5.74, 6) is 0.590. The van der Waals surface area contributed by atoms with Gasteiger partial charge in [-0.15, -0.1) is 0 Å². The standard InChI is InChI=1S/C13H27N3O2S/c1-19(17,18)16-9-7-15(8-10-16)11-12-5-3-2-4-6-13(12)14/h12-13H,2-11,14H2,1H3. The van der Waals surface area contributed by atoms with Crippen LogP contribution in [0.15, 0.2) is 0 Å². The van der Waals surface area contributed by atoms with Crippen LogP contribution < -0.4 is 5.73 Å². The minimum atomic E-state index is -3.02. The van der Waals surface area contributed by atoms with Crippen LogP contribution in [0.25, 0.3) is 0 Å². The molecule has 0 aromatic rings. The van der Waals surface area contributed by atoms with Crippen molar-refractivity contribution in [1.29, 1.82) is 0 Å². The van der Waals surface area contributed by atoms with Crippen molar-refractivity contribution < 1.29 is 8.42 Å². The zero-order valence-corrected chi connectivity index (χ0v) is 12.7. The van der Waals surface area contributed by atoms with Crippen molar-refractivity contribution in [2.24, 2.45) is 11.7 Å². The summed E-state index contributed by atoms with van der Waals surface area (Å²) >= 11 is 0. The van der Waals surface area contributed by atoms with Crippen LogP contribution in [0.5, 0.6) is 0 Å². The van der Waals surface area contributed by atoms with Gasteiger partial charge < -0.3 is 10.6 Å². The van der Waals surface area contributed by atoms with E-state index in [1.165, 1.54) is 31.9 Å². The number of nitrogens with zero attached hydrogens (tertiary/aromatic N) is 2. The highest BCUT2D eigenvalue weighted by Gasteiger charge is 2.27. The maximum absolute atomic E-state index is 11.5. The Morgan fingerprint density at radius 3 is 2.32 bits per heavy atom. The van der Waals surface area contributed by atoms with Gasteiger partial charge >= 0.3 is 0 Å². The molecule has 1 aliphatic carbocycles. The second-order valence-corrected chi connectivity index (χ2v) is 8.01. The Hall–Kier alpha value is -0.170. The maximum Gasteiger partial charge on any atom is 0.211 e. The molecule has 1 saturated carbocycles. The van der Waals surface area contributed by atoms with Crippen molar-refractivity contribution in [1.82, 2.24) is 9.21 Å². The van der Waals surface area contributed by atoms with Gasteiger partial charge in [-0.2, -0.15) is 4.31 Å². The molecule has 0 amide bonds. The molecule has 2 unspecified atom stereocenters. The molecular weight excluding hydrogens is 262 g/mol. The first-order chi connectivity index (χ1) is 8.97. The molecule has 5 nitrogen and oxygen atoms in total. The number of nitrogens with two attached hydrogens (primary N) is 1. The smallest absolute Gasteiger partial charge is 0.211 e. The van der Waals surface area contributed by atoms with Crippen LogP contribution in [0.1, 0.15) is 32.1 Å². The van der Waals surface area contributed by atoms with Crippen LogP contribution in [0.2, 0.25) is 0 Å². The lowest BCUT2D eigenvalue weighted by atomic mass is 9.95. The van der Waals surface area contributed by atoms with Gasteiger partial charge in [0.15, 0.2) is 0 Å². The molecule has 0 aromatic heterocycles. The molecule has 1 aliphatic heterocycles. The Labute approximate surface area is 117 Å². The lowest BCUT2D eigenvalue weighted by Crippen LogP contribution is -2.50. The Kier molecular flexibility index (Phi) is 5.22. The molecule has 2 rings (SSSR count). The lowest BCUT2D eigenvalue weighted by Gasteiger charge is -2.36. The van der Waals surface area contributed by atoms with Crippen molar-refractivity contribution in [2.45, 2.75) is 38.1 Å². The SMILES string of the molecule is CS(=O)(=O)N1CCN(CC2CCCCCC2N)CC1. The molecule has 2 aliphatic rings. The minimum Gasteiger partial charge on any atom is -0.327 e. The van der Waals surface area contributed by atoms with E-state index >= 15 is 0 Å². The molecule has 1 heterocycles. The molecule has 0 spiro atoms. The van der Waals surface area contributed by atoms with Crippen molar-refractivity contribution >= 4 is 10.0 Å². The number of piperazine rings is 1. The predicted octanol–water partition coefficient (Wildman–Crippen LogP) is 0.471. The summed E-state index contributed by atoms with van der Waals surface area (Å²) in [5.41, 5.74) is 6.26. The fraction of sp³-hybridized carbons (Fsp3) is 1.00. The average Bonchev–Trinajstić information content (AvgIpc) is 2.55. The van der Waals surface area contributed by atoms with Gasteiger partial charge in [0.2, 0.25) is 10.0 Å². The van der Waals surface area contributed by atoms with Gasteiger partial charge in [0.05, 0.1) is 6.26 Å². The van der Waals surface area contributed by atoms with Crippen LogP contribution in [0.3, 0.4) is 0 Å².